The van der Waals surface area contributed by atoms with Crippen molar-refractivity contribution in [2.75, 3.05) is 36.4 Å². The minimum Gasteiger partial charge on any atom is -0.353 e. The Kier molecular flexibility index (Phi) is 6.67. The molecule has 2 aliphatic rings. The number of aromatic nitrogens is 3. The largest absolute Gasteiger partial charge is 0.353 e. The molecule has 3 aromatic rings. The summed E-state index contributed by atoms with van der Waals surface area (Å²) in [5, 5.41) is 15.4. The molecule has 1 saturated heterocycles. The topological polar surface area (TPSA) is 110 Å². The maximum atomic E-state index is 12.3. The molecule has 3 aromatic heterocycles. The fourth-order valence-electron chi connectivity index (χ4n) is 4.32. The highest BCUT2D eigenvalue weighted by Crippen LogP contribution is 2.42. The molecule has 9 heteroatoms. The molecule has 0 unspecified atom stereocenters. The lowest BCUT2D eigenvalue weighted by Crippen LogP contribution is -2.53. The van der Waals surface area contributed by atoms with Gasteiger partial charge in [0.1, 0.15) is 17.5 Å². The Bertz CT molecular complexity index is 1270. The van der Waals surface area contributed by atoms with Gasteiger partial charge in [-0.2, -0.15) is 5.26 Å². The van der Waals surface area contributed by atoms with Crippen molar-refractivity contribution >= 4 is 23.5 Å². The van der Waals surface area contributed by atoms with E-state index in [0.29, 0.717) is 36.2 Å². The maximum absolute atomic E-state index is 12.3. The summed E-state index contributed by atoms with van der Waals surface area (Å²) in [5.41, 5.74) is 3.59. The van der Waals surface area contributed by atoms with E-state index in [4.69, 9.17) is 9.97 Å². The second-order valence-corrected chi connectivity index (χ2v) is 9.60. The highest BCUT2D eigenvalue weighted by molar-refractivity contribution is 5.75. The Morgan fingerprint density at radius 3 is 2.53 bits per heavy atom. The van der Waals surface area contributed by atoms with Crippen LogP contribution in [0.1, 0.15) is 43.7 Å². The van der Waals surface area contributed by atoms with Gasteiger partial charge in [-0.25, -0.2) is 19.7 Å². The van der Waals surface area contributed by atoms with E-state index >= 15 is 0 Å². The molecular formula is C27H30N8O. The van der Waals surface area contributed by atoms with Crippen LogP contribution in [0.25, 0.3) is 11.3 Å². The van der Waals surface area contributed by atoms with E-state index in [2.05, 4.69) is 44.8 Å². The van der Waals surface area contributed by atoms with Crippen LogP contribution in [0.5, 0.6) is 0 Å². The van der Waals surface area contributed by atoms with Gasteiger partial charge in [0.25, 0.3) is 0 Å². The fourth-order valence-corrected chi connectivity index (χ4v) is 4.32. The Morgan fingerprint density at radius 1 is 1.06 bits per heavy atom. The number of amides is 2. The third-order valence-electron chi connectivity index (χ3n) is 6.39. The first-order valence-electron chi connectivity index (χ1n) is 12.4. The number of hydrogen-bond donors (Lipinski definition) is 2. The molecule has 2 N–H and O–H groups in total. The number of piperazine rings is 1. The summed E-state index contributed by atoms with van der Waals surface area (Å²) >= 11 is 0. The zero-order valence-corrected chi connectivity index (χ0v) is 20.6. The van der Waals surface area contributed by atoms with Crippen molar-refractivity contribution in [2.45, 2.75) is 38.6 Å². The van der Waals surface area contributed by atoms with Gasteiger partial charge in [-0.1, -0.05) is 0 Å². The lowest BCUT2D eigenvalue weighted by atomic mass is 10.1. The number of nitriles is 1. The Balaban J connectivity index is 1.30. The SMILES string of the molecule is CC(C)NC(=O)N1CCN(c2ccc(-c3cc(C4CC4)cc(Nc4cc(C#N)ccn4)n3)cn2)CC1. The van der Waals surface area contributed by atoms with Crippen LogP contribution < -0.4 is 15.5 Å². The summed E-state index contributed by atoms with van der Waals surface area (Å²) in [6.45, 7) is 6.77. The number of urea groups is 1. The zero-order valence-electron chi connectivity index (χ0n) is 20.6. The van der Waals surface area contributed by atoms with E-state index < -0.39 is 0 Å². The van der Waals surface area contributed by atoms with Crippen LogP contribution in [0.3, 0.4) is 0 Å². The molecule has 0 atom stereocenters. The molecule has 184 valence electrons. The van der Waals surface area contributed by atoms with Crippen LogP contribution in [0.4, 0.5) is 22.2 Å². The predicted molar refractivity (Wildman–Crippen MR) is 139 cm³/mol. The number of nitrogens with one attached hydrogen (secondary N) is 2. The van der Waals surface area contributed by atoms with Crippen LogP contribution in [0, 0.1) is 11.3 Å². The highest BCUT2D eigenvalue weighted by Gasteiger charge is 2.25. The molecule has 0 radical (unpaired) electrons. The van der Waals surface area contributed by atoms with Gasteiger partial charge in [-0.05, 0) is 74.6 Å². The number of hydrogen-bond acceptors (Lipinski definition) is 7. The van der Waals surface area contributed by atoms with Gasteiger partial charge in [-0.3, -0.25) is 0 Å². The van der Waals surface area contributed by atoms with E-state index in [-0.39, 0.29) is 12.1 Å². The van der Waals surface area contributed by atoms with E-state index in [9.17, 15) is 10.1 Å². The predicted octanol–water partition coefficient (Wildman–Crippen LogP) is 4.27. The van der Waals surface area contributed by atoms with Crippen molar-refractivity contribution in [3.05, 3.63) is 59.9 Å². The fraction of sp³-hybridized carbons (Fsp3) is 0.370. The number of nitrogens with zero attached hydrogens (tertiary/aromatic N) is 6. The van der Waals surface area contributed by atoms with Crippen molar-refractivity contribution in [3.8, 4) is 17.3 Å². The van der Waals surface area contributed by atoms with Gasteiger partial charge in [-0.15, -0.1) is 0 Å². The van der Waals surface area contributed by atoms with Crippen molar-refractivity contribution in [3.63, 3.8) is 0 Å². The first-order valence-corrected chi connectivity index (χ1v) is 12.4. The first-order chi connectivity index (χ1) is 17.5. The van der Waals surface area contributed by atoms with Gasteiger partial charge in [0.05, 0.1) is 17.3 Å². The highest BCUT2D eigenvalue weighted by atomic mass is 16.2. The normalized spacial score (nSPS) is 15.5. The molecule has 1 aliphatic carbocycles. The van der Waals surface area contributed by atoms with Crippen molar-refractivity contribution in [2.24, 2.45) is 0 Å². The third kappa shape index (κ3) is 5.54. The molecule has 2 amide bonds. The standard InChI is InChI=1S/C27H30N8O/c1-18(2)31-27(36)35-11-9-34(10-12-35)26-6-5-21(17-30-26)23-14-22(20-3-4-20)15-25(32-23)33-24-13-19(16-28)7-8-29-24/h5-8,13-15,17-18,20H,3-4,9-12H2,1-2H3,(H,31,36)(H,29,32,33). The molecule has 0 aromatic carbocycles. The monoisotopic (exact) mass is 482 g/mol. The van der Waals surface area contributed by atoms with E-state index in [1.165, 1.54) is 18.4 Å². The van der Waals surface area contributed by atoms with Crippen molar-refractivity contribution in [1.82, 2.24) is 25.2 Å². The average molecular weight is 483 g/mol. The third-order valence-corrected chi connectivity index (χ3v) is 6.39. The summed E-state index contributed by atoms with van der Waals surface area (Å²) in [5.74, 6) is 2.76. The molecule has 1 aliphatic heterocycles. The minimum absolute atomic E-state index is 0.00598. The Morgan fingerprint density at radius 2 is 1.86 bits per heavy atom. The van der Waals surface area contributed by atoms with E-state index in [1.807, 2.05) is 31.0 Å². The summed E-state index contributed by atoms with van der Waals surface area (Å²) in [6, 6.07) is 14.0. The lowest BCUT2D eigenvalue weighted by Gasteiger charge is -2.35. The van der Waals surface area contributed by atoms with Crippen LogP contribution in [-0.2, 0) is 0 Å². The first kappa shape index (κ1) is 23.5. The second-order valence-electron chi connectivity index (χ2n) is 9.60. The van der Waals surface area contributed by atoms with Crippen LogP contribution >= 0.6 is 0 Å². The van der Waals surface area contributed by atoms with Gasteiger partial charge in [0.15, 0.2) is 0 Å². The van der Waals surface area contributed by atoms with Crippen LogP contribution in [0.2, 0.25) is 0 Å². The molecule has 5 rings (SSSR count). The number of carbonyl (C=O) groups excluding carboxylic acids is 1. The quantitative estimate of drug-likeness (QED) is 0.540. The van der Waals surface area contributed by atoms with Gasteiger partial charge < -0.3 is 20.4 Å². The molecule has 9 nitrogen and oxygen atoms in total. The minimum atomic E-state index is -0.00598. The molecule has 1 saturated carbocycles. The van der Waals surface area contributed by atoms with Gasteiger partial charge in [0, 0.05) is 50.2 Å². The number of anilines is 3. The van der Waals surface area contributed by atoms with Crippen molar-refractivity contribution < 1.29 is 4.79 Å². The smallest absolute Gasteiger partial charge is 0.317 e. The van der Waals surface area contributed by atoms with Crippen LogP contribution in [-0.4, -0.2) is 58.1 Å². The molecule has 36 heavy (non-hydrogen) atoms. The molecule has 2 fully saturated rings. The zero-order chi connectivity index (χ0) is 25.1. The van der Waals surface area contributed by atoms with E-state index in [1.54, 1.807) is 18.3 Å². The summed E-state index contributed by atoms with van der Waals surface area (Å²) in [7, 11) is 0. The van der Waals surface area contributed by atoms with E-state index in [0.717, 1.165) is 30.2 Å². The van der Waals surface area contributed by atoms with Gasteiger partial charge in [0.2, 0.25) is 0 Å². The molecular weight excluding hydrogens is 452 g/mol. The molecule has 4 heterocycles. The Labute approximate surface area is 211 Å². The summed E-state index contributed by atoms with van der Waals surface area (Å²) in [4.78, 5) is 30.2. The molecule has 0 bridgehead atoms. The number of carbonyl (C=O) groups is 1. The second kappa shape index (κ2) is 10.2. The van der Waals surface area contributed by atoms with Crippen molar-refractivity contribution in [1.29, 1.82) is 5.26 Å². The van der Waals surface area contributed by atoms with Gasteiger partial charge >= 0.3 is 6.03 Å². The average Bonchev–Trinajstić information content (AvgIpc) is 3.74. The molecule has 0 spiro atoms. The van der Waals surface area contributed by atoms with Crippen LogP contribution in [0.15, 0.2) is 48.8 Å². The summed E-state index contributed by atoms with van der Waals surface area (Å²) < 4.78 is 0. The maximum Gasteiger partial charge on any atom is 0.317 e. The number of pyridine rings is 3. The Hall–Kier alpha value is -4.19. The number of rotatable bonds is 6. The lowest BCUT2D eigenvalue weighted by molar-refractivity contribution is 0.191. The summed E-state index contributed by atoms with van der Waals surface area (Å²) in [6.07, 6.45) is 5.85.